The van der Waals surface area contributed by atoms with Crippen molar-refractivity contribution in [3.8, 4) is 0 Å². The van der Waals surface area contributed by atoms with E-state index in [2.05, 4.69) is 20.0 Å². The molecule has 0 atom stereocenters. The molecule has 1 heterocycles. The standard InChI is InChI=1S/C11H10F3N3O/c12-11(13,14)9-4-2-1-3-8(9)5-15-6-10-16-7-18-17-10/h1-4,7,15H,5-6H2. The summed E-state index contributed by atoms with van der Waals surface area (Å²) >= 11 is 0. The van der Waals surface area contributed by atoms with Gasteiger partial charge in [-0.1, -0.05) is 23.4 Å². The number of hydrogen-bond acceptors (Lipinski definition) is 4. The van der Waals surface area contributed by atoms with Gasteiger partial charge in [0.2, 0.25) is 6.39 Å². The Balaban J connectivity index is 2.01. The molecule has 0 fully saturated rings. The zero-order chi connectivity index (χ0) is 13.0. The van der Waals surface area contributed by atoms with Gasteiger partial charge >= 0.3 is 6.18 Å². The first-order valence-corrected chi connectivity index (χ1v) is 5.18. The molecular weight excluding hydrogens is 247 g/mol. The van der Waals surface area contributed by atoms with E-state index in [9.17, 15) is 13.2 Å². The third kappa shape index (κ3) is 3.07. The average molecular weight is 257 g/mol. The molecule has 7 heteroatoms. The second kappa shape index (κ2) is 5.18. The molecule has 1 N–H and O–H groups in total. The van der Waals surface area contributed by atoms with Crippen molar-refractivity contribution < 1.29 is 17.7 Å². The molecule has 0 spiro atoms. The molecule has 0 unspecified atom stereocenters. The van der Waals surface area contributed by atoms with Gasteiger partial charge in [-0.25, -0.2) is 0 Å². The van der Waals surface area contributed by atoms with E-state index in [-0.39, 0.29) is 18.7 Å². The Morgan fingerprint density at radius 3 is 2.61 bits per heavy atom. The quantitative estimate of drug-likeness (QED) is 0.913. The summed E-state index contributed by atoms with van der Waals surface area (Å²) in [7, 11) is 0. The maximum atomic E-state index is 12.7. The van der Waals surface area contributed by atoms with Crippen LogP contribution in [0.2, 0.25) is 0 Å². The Morgan fingerprint density at radius 1 is 1.17 bits per heavy atom. The van der Waals surface area contributed by atoms with Gasteiger partial charge in [-0.3, -0.25) is 0 Å². The molecule has 0 aliphatic rings. The first-order valence-electron chi connectivity index (χ1n) is 5.18. The van der Waals surface area contributed by atoms with E-state index in [1.54, 1.807) is 6.07 Å². The number of hydrogen-bond donors (Lipinski definition) is 1. The lowest BCUT2D eigenvalue weighted by atomic mass is 10.1. The lowest BCUT2D eigenvalue weighted by Gasteiger charge is -2.12. The highest BCUT2D eigenvalue weighted by Crippen LogP contribution is 2.31. The van der Waals surface area contributed by atoms with Gasteiger partial charge in [0, 0.05) is 6.54 Å². The van der Waals surface area contributed by atoms with Crippen LogP contribution in [0, 0.1) is 0 Å². The molecule has 2 rings (SSSR count). The van der Waals surface area contributed by atoms with Crippen molar-refractivity contribution in [3.63, 3.8) is 0 Å². The summed E-state index contributed by atoms with van der Waals surface area (Å²) in [6, 6.07) is 5.43. The van der Waals surface area contributed by atoms with Crippen LogP contribution in [-0.2, 0) is 19.3 Å². The SMILES string of the molecule is FC(F)(F)c1ccccc1CNCc1ncon1. The fourth-order valence-electron chi connectivity index (χ4n) is 1.53. The topological polar surface area (TPSA) is 51.0 Å². The molecule has 0 radical (unpaired) electrons. The van der Waals surface area contributed by atoms with Crippen molar-refractivity contribution >= 4 is 0 Å². The van der Waals surface area contributed by atoms with Gasteiger partial charge in [0.1, 0.15) is 0 Å². The minimum absolute atomic E-state index is 0.0875. The molecule has 0 amide bonds. The predicted octanol–water partition coefficient (Wildman–Crippen LogP) is 2.38. The van der Waals surface area contributed by atoms with E-state index < -0.39 is 11.7 Å². The van der Waals surface area contributed by atoms with Crippen molar-refractivity contribution in [2.24, 2.45) is 0 Å². The number of benzene rings is 1. The van der Waals surface area contributed by atoms with Crippen molar-refractivity contribution in [1.82, 2.24) is 15.5 Å². The number of halogens is 3. The van der Waals surface area contributed by atoms with Gasteiger partial charge in [-0.15, -0.1) is 0 Å². The van der Waals surface area contributed by atoms with Crippen molar-refractivity contribution in [3.05, 3.63) is 47.6 Å². The van der Waals surface area contributed by atoms with Gasteiger partial charge in [0.25, 0.3) is 0 Å². The van der Waals surface area contributed by atoms with Crippen LogP contribution in [0.1, 0.15) is 17.0 Å². The van der Waals surface area contributed by atoms with Crippen LogP contribution in [0.5, 0.6) is 0 Å². The van der Waals surface area contributed by atoms with E-state index in [4.69, 9.17) is 0 Å². The summed E-state index contributed by atoms with van der Waals surface area (Å²) < 4.78 is 42.6. The molecule has 2 aromatic rings. The van der Waals surface area contributed by atoms with Gasteiger partial charge in [0.05, 0.1) is 12.1 Å². The van der Waals surface area contributed by atoms with Gasteiger partial charge in [-0.2, -0.15) is 18.2 Å². The minimum atomic E-state index is -4.34. The van der Waals surface area contributed by atoms with Crippen molar-refractivity contribution in [2.75, 3.05) is 0 Å². The third-order valence-corrected chi connectivity index (χ3v) is 2.33. The Bertz CT molecular complexity index is 496. The van der Waals surface area contributed by atoms with Crippen molar-refractivity contribution in [1.29, 1.82) is 0 Å². The summed E-state index contributed by atoms with van der Waals surface area (Å²) in [5.74, 6) is 0.402. The number of aromatic nitrogens is 2. The molecule has 18 heavy (non-hydrogen) atoms. The fourth-order valence-corrected chi connectivity index (χ4v) is 1.53. The van der Waals surface area contributed by atoms with Crippen LogP contribution < -0.4 is 5.32 Å². The smallest absolute Gasteiger partial charge is 0.343 e. The molecule has 96 valence electrons. The molecule has 4 nitrogen and oxygen atoms in total. The Morgan fingerprint density at radius 2 is 1.94 bits per heavy atom. The molecule has 0 aliphatic heterocycles. The molecule has 0 aliphatic carbocycles. The second-order valence-corrected chi connectivity index (χ2v) is 3.61. The maximum absolute atomic E-state index is 12.7. The molecule has 0 saturated carbocycles. The maximum Gasteiger partial charge on any atom is 0.416 e. The molecule has 0 saturated heterocycles. The number of nitrogens with one attached hydrogen (secondary N) is 1. The van der Waals surface area contributed by atoms with E-state index in [1.165, 1.54) is 18.5 Å². The summed E-state index contributed by atoms with van der Waals surface area (Å²) in [4.78, 5) is 3.76. The Kier molecular flexibility index (Phi) is 3.61. The summed E-state index contributed by atoms with van der Waals surface area (Å²) in [5.41, 5.74) is -0.445. The zero-order valence-electron chi connectivity index (χ0n) is 9.24. The van der Waals surface area contributed by atoms with E-state index in [1.807, 2.05) is 0 Å². The molecule has 1 aromatic heterocycles. The average Bonchev–Trinajstić information content (AvgIpc) is 2.81. The predicted molar refractivity (Wildman–Crippen MR) is 56.3 cm³/mol. The number of rotatable bonds is 4. The van der Waals surface area contributed by atoms with E-state index >= 15 is 0 Å². The zero-order valence-corrected chi connectivity index (χ0v) is 9.24. The van der Waals surface area contributed by atoms with Gasteiger partial charge in [-0.05, 0) is 11.6 Å². The van der Waals surface area contributed by atoms with Crippen LogP contribution >= 0.6 is 0 Å². The summed E-state index contributed by atoms with van der Waals surface area (Å²) in [6.07, 6.45) is -3.18. The van der Waals surface area contributed by atoms with Crippen LogP contribution in [0.3, 0.4) is 0 Å². The summed E-state index contributed by atoms with van der Waals surface area (Å²) in [6.45, 7) is 0.340. The fraction of sp³-hybridized carbons (Fsp3) is 0.273. The van der Waals surface area contributed by atoms with E-state index in [0.29, 0.717) is 5.82 Å². The van der Waals surface area contributed by atoms with Gasteiger partial charge < -0.3 is 9.84 Å². The second-order valence-electron chi connectivity index (χ2n) is 3.61. The van der Waals surface area contributed by atoms with Crippen molar-refractivity contribution in [2.45, 2.75) is 19.3 Å². The lowest BCUT2D eigenvalue weighted by molar-refractivity contribution is -0.138. The molecule has 0 bridgehead atoms. The highest BCUT2D eigenvalue weighted by Gasteiger charge is 2.32. The van der Waals surface area contributed by atoms with Crippen LogP contribution in [0.25, 0.3) is 0 Å². The number of nitrogens with zero attached hydrogens (tertiary/aromatic N) is 2. The lowest BCUT2D eigenvalue weighted by Crippen LogP contribution is -2.17. The first kappa shape index (κ1) is 12.6. The first-order chi connectivity index (χ1) is 8.57. The molecular formula is C11H10F3N3O. The van der Waals surface area contributed by atoms with Crippen LogP contribution in [0.15, 0.2) is 35.2 Å². The Hall–Kier alpha value is -1.89. The highest BCUT2D eigenvalue weighted by atomic mass is 19.4. The summed E-state index contributed by atoms with van der Waals surface area (Å²) in [5, 5.41) is 6.38. The third-order valence-electron chi connectivity index (χ3n) is 2.33. The van der Waals surface area contributed by atoms with Crippen LogP contribution in [-0.4, -0.2) is 10.1 Å². The molecule has 1 aromatic carbocycles. The highest BCUT2D eigenvalue weighted by molar-refractivity contribution is 5.29. The minimum Gasteiger partial charge on any atom is -0.343 e. The monoisotopic (exact) mass is 257 g/mol. The number of alkyl halides is 3. The Labute approximate surface area is 101 Å². The van der Waals surface area contributed by atoms with Gasteiger partial charge in [0.15, 0.2) is 5.82 Å². The normalized spacial score (nSPS) is 11.7. The van der Waals surface area contributed by atoms with Crippen LogP contribution in [0.4, 0.5) is 13.2 Å². The van der Waals surface area contributed by atoms with E-state index in [0.717, 1.165) is 6.07 Å². The largest absolute Gasteiger partial charge is 0.416 e.